The van der Waals surface area contributed by atoms with Crippen molar-refractivity contribution in [1.29, 1.82) is 0 Å². The molecule has 1 amide bonds. The van der Waals surface area contributed by atoms with E-state index in [1.54, 1.807) is 36.9 Å². The summed E-state index contributed by atoms with van der Waals surface area (Å²) in [5, 5.41) is 21.5. The Hall–Kier alpha value is -2.08. The minimum absolute atomic E-state index is 0.218. The van der Waals surface area contributed by atoms with E-state index >= 15 is 0 Å². The smallest absolute Gasteiger partial charge is 0.304 e. The van der Waals surface area contributed by atoms with Gasteiger partial charge in [-0.3, -0.25) is 9.59 Å². The van der Waals surface area contributed by atoms with Crippen LogP contribution in [0, 0.1) is 5.41 Å². The molecule has 0 aromatic heterocycles. The van der Waals surface area contributed by atoms with Gasteiger partial charge < -0.3 is 15.1 Å². The first-order valence-corrected chi connectivity index (χ1v) is 12.1. The lowest BCUT2D eigenvalue weighted by Crippen LogP contribution is -2.58. The minimum atomic E-state index is -1.12. The average Bonchev–Trinajstić information content (AvgIpc) is 2.74. The van der Waals surface area contributed by atoms with E-state index in [-0.39, 0.29) is 18.2 Å². The number of likely N-dealkylation sites (tertiary alicyclic amines) is 1. The van der Waals surface area contributed by atoms with Gasteiger partial charge in [0, 0.05) is 16.0 Å². The summed E-state index contributed by atoms with van der Waals surface area (Å²) in [6.45, 7) is 5.41. The lowest BCUT2D eigenvalue weighted by atomic mass is 9.66. The van der Waals surface area contributed by atoms with Crippen LogP contribution in [0.15, 0.2) is 48.5 Å². The Balaban J connectivity index is 2.25. The quantitative estimate of drug-likeness (QED) is 0.468. The van der Waals surface area contributed by atoms with Gasteiger partial charge >= 0.3 is 5.97 Å². The number of carbonyl (C=O) groups is 2. The number of carboxylic acids is 1. The van der Waals surface area contributed by atoms with Crippen LogP contribution in [-0.2, 0) is 9.59 Å². The molecule has 1 unspecified atom stereocenters. The molecule has 5 atom stereocenters. The summed E-state index contributed by atoms with van der Waals surface area (Å²) in [4.78, 5) is 27.5. The summed E-state index contributed by atoms with van der Waals surface area (Å²) < 4.78 is 0. The van der Waals surface area contributed by atoms with Crippen molar-refractivity contribution in [2.45, 2.75) is 70.6 Å². The van der Waals surface area contributed by atoms with Crippen molar-refractivity contribution >= 4 is 35.1 Å². The van der Waals surface area contributed by atoms with E-state index < -0.39 is 29.6 Å². The van der Waals surface area contributed by atoms with Crippen molar-refractivity contribution in [1.82, 2.24) is 4.90 Å². The highest BCUT2D eigenvalue weighted by atomic mass is 35.5. The van der Waals surface area contributed by atoms with Crippen LogP contribution in [0.2, 0.25) is 10.0 Å². The number of nitrogens with zero attached hydrogens (tertiary/aromatic N) is 1. The zero-order chi connectivity index (χ0) is 24.3. The molecule has 7 heteroatoms. The van der Waals surface area contributed by atoms with Crippen molar-refractivity contribution in [2.75, 3.05) is 0 Å². The van der Waals surface area contributed by atoms with Crippen molar-refractivity contribution in [3.05, 3.63) is 69.7 Å². The highest BCUT2D eigenvalue weighted by Gasteiger charge is 2.52. The van der Waals surface area contributed by atoms with Crippen LogP contribution in [0.5, 0.6) is 0 Å². The van der Waals surface area contributed by atoms with E-state index in [0.717, 1.165) is 17.5 Å². The maximum absolute atomic E-state index is 14.0. The maximum Gasteiger partial charge on any atom is 0.304 e. The molecule has 1 saturated heterocycles. The number of aliphatic hydroxyl groups is 1. The number of carboxylic acid groups (broad SMARTS) is 1. The van der Waals surface area contributed by atoms with E-state index in [2.05, 4.69) is 0 Å². The van der Waals surface area contributed by atoms with E-state index in [1.165, 1.54) is 0 Å². The SMILES string of the molecule is CCC[C@@H]([C@H](C)O)N1C(=O)[C@@](C)(CC(=O)O)CC(c2cccc(Cl)c2)[C@H]1c1ccc(Cl)cc1. The fraction of sp³-hybridized carbons (Fsp3) is 0.462. The third-order valence-electron chi connectivity index (χ3n) is 6.63. The fourth-order valence-corrected chi connectivity index (χ4v) is 5.48. The second kappa shape index (κ2) is 10.5. The monoisotopic (exact) mass is 491 g/mol. The van der Waals surface area contributed by atoms with Gasteiger partial charge in [0.2, 0.25) is 5.91 Å². The number of halogens is 2. The Morgan fingerprint density at radius 1 is 1.15 bits per heavy atom. The number of amides is 1. The molecule has 0 aliphatic carbocycles. The summed E-state index contributed by atoms with van der Waals surface area (Å²) in [6, 6.07) is 14.0. The highest BCUT2D eigenvalue weighted by Crippen LogP contribution is 2.52. The van der Waals surface area contributed by atoms with Crippen LogP contribution >= 0.6 is 23.2 Å². The molecule has 2 N–H and O–H groups in total. The molecule has 178 valence electrons. The molecule has 33 heavy (non-hydrogen) atoms. The lowest BCUT2D eigenvalue weighted by Gasteiger charge is -2.52. The lowest BCUT2D eigenvalue weighted by molar-refractivity contribution is -0.163. The van der Waals surface area contributed by atoms with Crippen LogP contribution in [0.1, 0.15) is 69.5 Å². The van der Waals surface area contributed by atoms with Gasteiger partial charge in [-0.2, -0.15) is 0 Å². The Morgan fingerprint density at radius 2 is 1.82 bits per heavy atom. The number of aliphatic carboxylic acids is 1. The second-order valence-corrected chi connectivity index (χ2v) is 10.2. The zero-order valence-corrected chi connectivity index (χ0v) is 20.7. The van der Waals surface area contributed by atoms with Gasteiger partial charge in [-0.15, -0.1) is 0 Å². The van der Waals surface area contributed by atoms with Crippen LogP contribution in [0.3, 0.4) is 0 Å². The van der Waals surface area contributed by atoms with Crippen molar-refractivity contribution in [3.8, 4) is 0 Å². The molecule has 3 rings (SSSR count). The molecule has 1 aliphatic rings. The Morgan fingerprint density at radius 3 is 2.36 bits per heavy atom. The molecule has 0 bridgehead atoms. The number of hydrogen-bond acceptors (Lipinski definition) is 3. The zero-order valence-electron chi connectivity index (χ0n) is 19.2. The van der Waals surface area contributed by atoms with Crippen LogP contribution in [-0.4, -0.2) is 39.1 Å². The molecule has 2 aromatic rings. The molecule has 0 radical (unpaired) electrons. The maximum atomic E-state index is 14.0. The summed E-state index contributed by atoms with van der Waals surface area (Å²) in [5.74, 6) is -1.49. The number of carbonyl (C=O) groups excluding carboxylic acids is 1. The molecular weight excluding hydrogens is 461 g/mol. The molecule has 1 fully saturated rings. The third-order valence-corrected chi connectivity index (χ3v) is 7.12. The fourth-order valence-electron chi connectivity index (χ4n) is 5.15. The standard InChI is InChI=1S/C26H31Cl2NO4/c1-4-6-22(16(2)30)29-24(17-9-11-19(27)12-10-17)21(18-7-5-8-20(28)13-18)14-26(3,25(29)33)15-23(31)32/h5,7-13,16,21-22,24,30H,4,6,14-15H2,1-3H3,(H,31,32)/t16-,21?,22-,24+,26+/m0/s1. The van der Waals surface area contributed by atoms with E-state index in [1.807, 2.05) is 37.3 Å². The van der Waals surface area contributed by atoms with Gasteiger partial charge in [-0.25, -0.2) is 0 Å². The normalized spacial score (nSPS) is 25.0. The van der Waals surface area contributed by atoms with Gasteiger partial charge in [0.05, 0.1) is 30.0 Å². The summed E-state index contributed by atoms with van der Waals surface area (Å²) >= 11 is 12.5. The summed E-state index contributed by atoms with van der Waals surface area (Å²) in [5.41, 5.74) is 0.692. The number of aliphatic hydroxyl groups excluding tert-OH is 1. The molecule has 0 spiro atoms. The van der Waals surface area contributed by atoms with Crippen LogP contribution in [0.25, 0.3) is 0 Å². The number of rotatable bonds is 8. The van der Waals surface area contributed by atoms with E-state index in [0.29, 0.717) is 22.9 Å². The average molecular weight is 492 g/mol. The molecule has 0 saturated carbocycles. The molecule has 5 nitrogen and oxygen atoms in total. The van der Waals surface area contributed by atoms with Crippen molar-refractivity contribution < 1.29 is 19.8 Å². The van der Waals surface area contributed by atoms with Gasteiger partial charge in [0.1, 0.15) is 0 Å². The van der Waals surface area contributed by atoms with E-state index in [9.17, 15) is 19.8 Å². The number of benzene rings is 2. The Bertz CT molecular complexity index is 994. The molecular formula is C26H31Cl2NO4. The Labute approximate surface area is 205 Å². The predicted octanol–water partition coefficient (Wildman–Crippen LogP) is 6.08. The van der Waals surface area contributed by atoms with Gasteiger partial charge in [-0.1, -0.05) is 67.7 Å². The highest BCUT2D eigenvalue weighted by molar-refractivity contribution is 6.30. The first kappa shape index (κ1) is 25.5. The number of piperidine rings is 1. The van der Waals surface area contributed by atoms with Crippen LogP contribution in [0.4, 0.5) is 0 Å². The molecule has 2 aromatic carbocycles. The molecule has 1 aliphatic heterocycles. The number of hydrogen-bond donors (Lipinski definition) is 2. The Kier molecular flexibility index (Phi) is 8.09. The first-order chi connectivity index (χ1) is 15.6. The van der Waals surface area contributed by atoms with E-state index in [4.69, 9.17) is 23.2 Å². The predicted molar refractivity (Wildman–Crippen MR) is 131 cm³/mol. The van der Waals surface area contributed by atoms with Crippen LogP contribution < -0.4 is 0 Å². The summed E-state index contributed by atoms with van der Waals surface area (Å²) in [6.07, 6.45) is 0.644. The molecule has 1 heterocycles. The van der Waals surface area contributed by atoms with Crippen molar-refractivity contribution in [3.63, 3.8) is 0 Å². The van der Waals surface area contributed by atoms with Crippen molar-refractivity contribution in [2.24, 2.45) is 5.41 Å². The minimum Gasteiger partial charge on any atom is -0.481 e. The topological polar surface area (TPSA) is 77.8 Å². The van der Waals surface area contributed by atoms with Gasteiger partial charge in [-0.05, 0) is 55.2 Å². The first-order valence-electron chi connectivity index (χ1n) is 11.3. The largest absolute Gasteiger partial charge is 0.481 e. The summed E-state index contributed by atoms with van der Waals surface area (Å²) in [7, 11) is 0. The third kappa shape index (κ3) is 5.53. The van der Waals surface area contributed by atoms with Gasteiger partial charge in [0.25, 0.3) is 0 Å². The second-order valence-electron chi connectivity index (χ2n) is 9.30. The van der Waals surface area contributed by atoms with Gasteiger partial charge in [0.15, 0.2) is 0 Å².